The number of benzene rings is 1. The van der Waals surface area contributed by atoms with Gasteiger partial charge in [0.15, 0.2) is 0 Å². The van der Waals surface area contributed by atoms with Crippen molar-refractivity contribution in [2.24, 2.45) is 5.92 Å². The van der Waals surface area contributed by atoms with Gasteiger partial charge >= 0.3 is 0 Å². The number of amides is 1. The van der Waals surface area contributed by atoms with Gasteiger partial charge in [0.1, 0.15) is 18.0 Å². The third-order valence-corrected chi connectivity index (χ3v) is 5.81. The number of rotatable bonds is 6. The second-order valence-electron chi connectivity index (χ2n) is 7.87. The number of likely N-dealkylation sites (tertiary alicyclic amines) is 2. The van der Waals surface area contributed by atoms with E-state index < -0.39 is 5.60 Å². The molecule has 2 aliphatic rings. The number of piperidine rings is 2. The van der Waals surface area contributed by atoms with E-state index in [9.17, 15) is 4.79 Å². The smallest absolute Gasteiger partial charge is 0.236 e. The Bertz CT molecular complexity index is 572. The fourth-order valence-electron chi connectivity index (χ4n) is 3.90. The Morgan fingerprint density at radius 2 is 1.92 bits per heavy atom. The molecule has 2 aliphatic heterocycles. The number of para-hydroxylation sites is 1. The summed E-state index contributed by atoms with van der Waals surface area (Å²) in [7, 11) is 1.73. The van der Waals surface area contributed by atoms with Crippen LogP contribution >= 0.6 is 0 Å². The molecule has 0 spiro atoms. The Labute approximate surface area is 157 Å². The fraction of sp³-hybridized carbons (Fsp3) is 0.667. The minimum absolute atomic E-state index is 0.223. The van der Waals surface area contributed by atoms with E-state index in [1.807, 2.05) is 35.2 Å². The van der Waals surface area contributed by atoms with Crippen LogP contribution in [0.5, 0.6) is 5.75 Å². The molecule has 144 valence electrons. The first kappa shape index (κ1) is 19.2. The highest BCUT2D eigenvalue weighted by molar-refractivity contribution is 5.78. The second-order valence-corrected chi connectivity index (χ2v) is 7.87. The molecule has 2 fully saturated rings. The predicted molar refractivity (Wildman–Crippen MR) is 102 cm³/mol. The standard InChI is InChI=1S/C21H32N2O3/c1-18-9-13-22(14-10-18)15-20(24)23-12-6-11-21(16-23,25-2)17-26-19-7-4-3-5-8-19/h3-5,7-8,18H,6,9-17H2,1-2H3. The number of methoxy groups -OCH3 is 1. The number of ether oxygens (including phenoxy) is 2. The zero-order valence-electron chi connectivity index (χ0n) is 16.2. The van der Waals surface area contributed by atoms with Gasteiger partial charge in [0.2, 0.25) is 5.91 Å². The van der Waals surface area contributed by atoms with Gasteiger partial charge in [-0.1, -0.05) is 25.1 Å². The lowest BCUT2D eigenvalue weighted by Gasteiger charge is -2.42. The fourth-order valence-corrected chi connectivity index (χ4v) is 3.90. The van der Waals surface area contributed by atoms with Crippen molar-refractivity contribution in [3.8, 4) is 5.75 Å². The van der Waals surface area contributed by atoms with Crippen LogP contribution in [0.3, 0.4) is 0 Å². The molecule has 0 bridgehead atoms. The second kappa shape index (κ2) is 8.87. The summed E-state index contributed by atoms with van der Waals surface area (Å²) in [5, 5.41) is 0. The Hall–Kier alpha value is -1.59. The van der Waals surface area contributed by atoms with E-state index in [0.717, 1.165) is 44.1 Å². The molecular weight excluding hydrogens is 328 g/mol. The molecule has 5 nitrogen and oxygen atoms in total. The van der Waals surface area contributed by atoms with Crippen molar-refractivity contribution in [3.05, 3.63) is 30.3 Å². The summed E-state index contributed by atoms with van der Waals surface area (Å²) in [6, 6.07) is 9.80. The van der Waals surface area contributed by atoms with Gasteiger partial charge in [-0.05, 0) is 56.8 Å². The molecule has 0 aromatic heterocycles. The molecule has 1 atom stereocenters. The third-order valence-electron chi connectivity index (χ3n) is 5.81. The highest BCUT2D eigenvalue weighted by Crippen LogP contribution is 2.26. The lowest BCUT2D eigenvalue weighted by Crippen LogP contribution is -2.56. The zero-order chi connectivity index (χ0) is 18.4. The minimum atomic E-state index is -0.417. The summed E-state index contributed by atoms with van der Waals surface area (Å²) < 4.78 is 11.8. The van der Waals surface area contributed by atoms with Crippen molar-refractivity contribution in [3.63, 3.8) is 0 Å². The zero-order valence-corrected chi connectivity index (χ0v) is 16.2. The van der Waals surface area contributed by atoms with Gasteiger partial charge in [0.05, 0.1) is 13.1 Å². The largest absolute Gasteiger partial charge is 0.491 e. The molecule has 2 saturated heterocycles. The molecule has 1 aromatic rings. The summed E-state index contributed by atoms with van der Waals surface area (Å²) in [6.45, 7) is 6.80. The van der Waals surface area contributed by atoms with Crippen molar-refractivity contribution >= 4 is 5.91 Å². The van der Waals surface area contributed by atoms with E-state index in [0.29, 0.717) is 19.7 Å². The molecule has 1 amide bonds. The predicted octanol–water partition coefficient (Wildman–Crippen LogP) is 2.80. The van der Waals surface area contributed by atoms with E-state index in [4.69, 9.17) is 9.47 Å². The Kier molecular flexibility index (Phi) is 6.54. The van der Waals surface area contributed by atoms with Gasteiger partial charge in [-0.3, -0.25) is 9.69 Å². The van der Waals surface area contributed by atoms with E-state index >= 15 is 0 Å². The topological polar surface area (TPSA) is 42.0 Å². The van der Waals surface area contributed by atoms with Crippen LogP contribution in [0.2, 0.25) is 0 Å². The molecule has 0 N–H and O–H groups in total. The lowest BCUT2D eigenvalue weighted by molar-refractivity contribution is -0.144. The van der Waals surface area contributed by atoms with Crippen molar-refractivity contribution in [2.45, 2.75) is 38.2 Å². The normalized spacial score (nSPS) is 25.2. The maximum Gasteiger partial charge on any atom is 0.236 e. The maximum absolute atomic E-state index is 12.8. The summed E-state index contributed by atoms with van der Waals surface area (Å²) in [5.41, 5.74) is -0.417. The van der Waals surface area contributed by atoms with Crippen molar-refractivity contribution in [1.82, 2.24) is 9.80 Å². The number of carbonyl (C=O) groups excluding carboxylic acids is 1. The third kappa shape index (κ3) is 4.98. The average molecular weight is 360 g/mol. The van der Waals surface area contributed by atoms with Crippen LogP contribution in [-0.2, 0) is 9.53 Å². The Morgan fingerprint density at radius 3 is 2.62 bits per heavy atom. The molecule has 0 aliphatic carbocycles. The Balaban J connectivity index is 1.54. The molecule has 0 radical (unpaired) electrons. The lowest BCUT2D eigenvalue weighted by atomic mass is 9.93. The molecular formula is C21H32N2O3. The number of nitrogens with zero attached hydrogens (tertiary/aromatic N) is 2. The SMILES string of the molecule is COC1(COc2ccccc2)CCCN(C(=O)CN2CCC(C)CC2)C1. The van der Waals surface area contributed by atoms with Crippen molar-refractivity contribution in [1.29, 1.82) is 0 Å². The molecule has 1 aromatic carbocycles. The van der Waals surface area contributed by atoms with Gasteiger partial charge in [-0.15, -0.1) is 0 Å². The van der Waals surface area contributed by atoms with Crippen LogP contribution < -0.4 is 4.74 Å². The summed E-state index contributed by atoms with van der Waals surface area (Å²) in [6.07, 6.45) is 4.26. The van der Waals surface area contributed by atoms with Crippen molar-refractivity contribution in [2.75, 3.05) is 46.4 Å². The molecule has 0 saturated carbocycles. The van der Waals surface area contributed by atoms with Crippen LogP contribution in [0.1, 0.15) is 32.6 Å². The van der Waals surface area contributed by atoms with E-state index in [1.165, 1.54) is 12.8 Å². The van der Waals surface area contributed by atoms with Crippen LogP contribution in [0.15, 0.2) is 30.3 Å². The highest BCUT2D eigenvalue weighted by atomic mass is 16.5. The monoisotopic (exact) mass is 360 g/mol. The molecule has 5 heteroatoms. The van der Waals surface area contributed by atoms with Crippen LogP contribution in [0, 0.1) is 5.92 Å². The maximum atomic E-state index is 12.8. The average Bonchev–Trinajstić information content (AvgIpc) is 2.69. The first-order valence-corrected chi connectivity index (χ1v) is 9.83. The first-order chi connectivity index (χ1) is 12.6. The molecule has 2 heterocycles. The number of carbonyl (C=O) groups is 1. The summed E-state index contributed by atoms with van der Waals surface area (Å²) in [4.78, 5) is 17.1. The van der Waals surface area contributed by atoms with Gasteiger partial charge in [0.25, 0.3) is 0 Å². The molecule has 3 rings (SSSR count). The highest BCUT2D eigenvalue weighted by Gasteiger charge is 2.38. The van der Waals surface area contributed by atoms with E-state index in [1.54, 1.807) is 7.11 Å². The Morgan fingerprint density at radius 1 is 1.19 bits per heavy atom. The minimum Gasteiger partial charge on any atom is -0.491 e. The van der Waals surface area contributed by atoms with Gasteiger partial charge < -0.3 is 14.4 Å². The first-order valence-electron chi connectivity index (χ1n) is 9.83. The van der Waals surface area contributed by atoms with Gasteiger partial charge in [-0.25, -0.2) is 0 Å². The molecule has 26 heavy (non-hydrogen) atoms. The van der Waals surface area contributed by atoms with Crippen molar-refractivity contribution < 1.29 is 14.3 Å². The molecule has 1 unspecified atom stereocenters. The quantitative estimate of drug-likeness (QED) is 0.782. The van der Waals surface area contributed by atoms with E-state index in [-0.39, 0.29) is 5.91 Å². The van der Waals surface area contributed by atoms with E-state index in [2.05, 4.69) is 11.8 Å². The number of hydrogen-bond acceptors (Lipinski definition) is 4. The van der Waals surface area contributed by atoms with Gasteiger partial charge in [-0.2, -0.15) is 0 Å². The van der Waals surface area contributed by atoms with Crippen LogP contribution in [0.4, 0.5) is 0 Å². The van der Waals surface area contributed by atoms with Crippen LogP contribution in [0.25, 0.3) is 0 Å². The number of hydrogen-bond donors (Lipinski definition) is 0. The summed E-state index contributed by atoms with van der Waals surface area (Å²) in [5.74, 6) is 1.85. The summed E-state index contributed by atoms with van der Waals surface area (Å²) >= 11 is 0. The van der Waals surface area contributed by atoms with Crippen LogP contribution in [-0.4, -0.2) is 67.7 Å². The van der Waals surface area contributed by atoms with Gasteiger partial charge in [0, 0.05) is 13.7 Å².